The molecule has 0 fully saturated rings. The summed E-state index contributed by atoms with van der Waals surface area (Å²) in [7, 11) is 0. The number of fused-ring (bicyclic) bond motifs is 1. The highest BCUT2D eigenvalue weighted by atomic mass is 35.5. The zero-order chi connectivity index (χ0) is 23.1. The van der Waals surface area contributed by atoms with Crippen LogP contribution in [-0.4, -0.2) is 18.7 Å². The maximum atomic E-state index is 14.3. The van der Waals surface area contributed by atoms with E-state index in [1.165, 1.54) is 27.8 Å². The molecule has 0 amide bonds. The zero-order valence-corrected chi connectivity index (χ0v) is 17.7. The van der Waals surface area contributed by atoms with Crippen LogP contribution < -0.4 is 11.2 Å². The molecule has 0 unspecified atom stereocenters. The van der Waals surface area contributed by atoms with Crippen molar-refractivity contribution in [2.24, 2.45) is 0 Å². The average Bonchev–Trinajstić information content (AvgIpc) is 3.45. The molecule has 0 aliphatic carbocycles. The summed E-state index contributed by atoms with van der Waals surface area (Å²) in [6.45, 7) is -0.193. The van der Waals surface area contributed by atoms with Crippen LogP contribution >= 0.6 is 11.6 Å². The topological polar surface area (TPSA) is 75.0 Å². The highest BCUT2D eigenvalue weighted by Crippen LogP contribution is 2.18. The van der Waals surface area contributed by atoms with Gasteiger partial charge in [-0.2, -0.15) is 0 Å². The van der Waals surface area contributed by atoms with Crippen molar-refractivity contribution in [3.8, 4) is 5.69 Å². The van der Waals surface area contributed by atoms with Crippen molar-refractivity contribution in [2.75, 3.05) is 0 Å². The third-order valence-electron chi connectivity index (χ3n) is 5.23. The number of aromatic nitrogens is 4. The fraction of sp³-hybridized carbons (Fsp3) is 0.0870. The van der Waals surface area contributed by atoms with E-state index in [2.05, 4.69) is 4.98 Å². The Labute approximate surface area is 189 Å². The number of halogens is 3. The summed E-state index contributed by atoms with van der Waals surface area (Å²) in [4.78, 5) is 31.1. The first kappa shape index (κ1) is 20.9. The third kappa shape index (κ3) is 3.76. The molecule has 7 nitrogen and oxygen atoms in total. The summed E-state index contributed by atoms with van der Waals surface area (Å²) in [5.74, 6) is -1.05. The van der Waals surface area contributed by atoms with Gasteiger partial charge in [0.2, 0.25) is 0 Å². The van der Waals surface area contributed by atoms with Gasteiger partial charge in [0.05, 0.1) is 31.4 Å². The summed E-state index contributed by atoms with van der Waals surface area (Å²) >= 11 is 5.99. The average molecular weight is 469 g/mol. The maximum Gasteiger partial charge on any atom is 0.337 e. The van der Waals surface area contributed by atoms with E-state index in [0.29, 0.717) is 16.5 Å². The van der Waals surface area contributed by atoms with Gasteiger partial charge in [0.15, 0.2) is 11.2 Å². The SMILES string of the molecule is O=c1c2c(ncn2Cc2ccc(F)cc2F)n(-c2ccc(Cl)cc2)c(=O)n1Cc1ccco1. The second kappa shape index (κ2) is 8.18. The lowest BCUT2D eigenvalue weighted by Gasteiger charge is -2.12. The summed E-state index contributed by atoms with van der Waals surface area (Å²) in [5, 5.41) is 0.476. The van der Waals surface area contributed by atoms with Gasteiger partial charge in [0.25, 0.3) is 5.56 Å². The minimum atomic E-state index is -0.751. The number of hydrogen-bond donors (Lipinski definition) is 0. The van der Waals surface area contributed by atoms with Gasteiger partial charge in [0.1, 0.15) is 17.4 Å². The highest BCUT2D eigenvalue weighted by molar-refractivity contribution is 6.30. The van der Waals surface area contributed by atoms with E-state index < -0.39 is 22.9 Å². The second-order valence-corrected chi connectivity index (χ2v) is 7.78. The molecular weight excluding hydrogens is 454 g/mol. The van der Waals surface area contributed by atoms with Crippen LogP contribution in [0.2, 0.25) is 5.02 Å². The molecule has 2 aromatic carbocycles. The van der Waals surface area contributed by atoms with Gasteiger partial charge in [-0.25, -0.2) is 23.1 Å². The monoisotopic (exact) mass is 468 g/mol. The number of hydrogen-bond acceptors (Lipinski definition) is 4. The number of benzene rings is 2. The van der Waals surface area contributed by atoms with Crippen LogP contribution in [0.3, 0.4) is 0 Å². The molecule has 10 heteroatoms. The quantitative estimate of drug-likeness (QED) is 0.391. The van der Waals surface area contributed by atoms with E-state index in [0.717, 1.165) is 16.7 Å². The van der Waals surface area contributed by atoms with Gasteiger partial charge in [-0.3, -0.25) is 9.36 Å². The van der Waals surface area contributed by atoms with E-state index >= 15 is 0 Å². The van der Waals surface area contributed by atoms with Gasteiger partial charge in [-0.1, -0.05) is 17.7 Å². The number of imidazole rings is 1. The highest BCUT2D eigenvalue weighted by Gasteiger charge is 2.20. The molecule has 5 aromatic rings. The standard InChI is InChI=1S/C23H15ClF2N4O3/c24-15-4-7-17(8-5-15)30-21-20(22(31)29(23(30)32)12-18-2-1-9-33-18)28(13-27-21)11-14-3-6-16(25)10-19(14)26/h1-10,13H,11-12H2. The third-order valence-corrected chi connectivity index (χ3v) is 5.49. The first-order valence-electron chi connectivity index (χ1n) is 9.85. The van der Waals surface area contributed by atoms with Crippen molar-refractivity contribution in [3.63, 3.8) is 0 Å². The Balaban J connectivity index is 1.76. The van der Waals surface area contributed by atoms with Crippen LogP contribution in [0, 0.1) is 11.6 Å². The van der Waals surface area contributed by atoms with Gasteiger partial charge < -0.3 is 8.98 Å². The van der Waals surface area contributed by atoms with E-state index in [9.17, 15) is 18.4 Å². The maximum absolute atomic E-state index is 14.3. The molecule has 3 heterocycles. The Morgan fingerprint density at radius 2 is 1.79 bits per heavy atom. The molecule has 3 aromatic heterocycles. The molecule has 0 bridgehead atoms. The predicted molar refractivity (Wildman–Crippen MR) is 118 cm³/mol. The van der Waals surface area contributed by atoms with Crippen LogP contribution in [-0.2, 0) is 13.1 Å². The van der Waals surface area contributed by atoms with E-state index in [1.54, 1.807) is 36.4 Å². The molecule has 5 rings (SSSR count). The summed E-state index contributed by atoms with van der Waals surface area (Å²) < 4.78 is 36.7. The van der Waals surface area contributed by atoms with E-state index in [4.69, 9.17) is 16.0 Å². The van der Waals surface area contributed by atoms with Crippen LogP contribution in [0.15, 0.2) is 81.2 Å². The Morgan fingerprint density at radius 3 is 2.48 bits per heavy atom. The molecular formula is C23H15ClF2N4O3. The van der Waals surface area contributed by atoms with Crippen molar-refractivity contribution in [1.29, 1.82) is 0 Å². The van der Waals surface area contributed by atoms with Crippen molar-refractivity contribution in [2.45, 2.75) is 13.1 Å². The molecule has 0 saturated carbocycles. The van der Waals surface area contributed by atoms with Crippen LogP contribution in [0.1, 0.15) is 11.3 Å². The summed E-state index contributed by atoms with van der Waals surface area (Å²) in [6.07, 6.45) is 2.79. The lowest BCUT2D eigenvalue weighted by atomic mass is 10.2. The van der Waals surface area contributed by atoms with Gasteiger partial charge >= 0.3 is 5.69 Å². The Hall–Kier alpha value is -3.98. The fourth-order valence-corrected chi connectivity index (χ4v) is 3.78. The summed E-state index contributed by atoms with van der Waals surface area (Å²) in [6, 6.07) is 13.0. The lowest BCUT2D eigenvalue weighted by molar-refractivity contribution is 0.482. The van der Waals surface area contributed by atoms with Gasteiger partial charge in [0, 0.05) is 16.7 Å². The molecule has 0 aliphatic heterocycles. The minimum Gasteiger partial charge on any atom is -0.467 e. The van der Waals surface area contributed by atoms with Crippen molar-refractivity contribution < 1.29 is 13.2 Å². The lowest BCUT2D eigenvalue weighted by Crippen LogP contribution is -2.40. The molecule has 0 radical (unpaired) electrons. The van der Waals surface area contributed by atoms with Gasteiger partial charge in [-0.05, 0) is 42.5 Å². The second-order valence-electron chi connectivity index (χ2n) is 7.35. The van der Waals surface area contributed by atoms with Crippen molar-refractivity contribution >= 4 is 22.8 Å². The van der Waals surface area contributed by atoms with Gasteiger partial charge in [-0.15, -0.1) is 0 Å². The Morgan fingerprint density at radius 1 is 1.00 bits per heavy atom. The van der Waals surface area contributed by atoms with E-state index in [-0.39, 0.29) is 29.8 Å². The van der Waals surface area contributed by atoms with Crippen LogP contribution in [0.5, 0.6) is 0 Å². The molecule has 0 aliphatic rings. The van der Waals surface area contributed by atoms with Crippen LogP contribution in [0.25, 0.3) is 16.9 Å². The normalized spacial score (nSPS) is 11.4. The predicted octanol–water partition coefficient (Wildman–Crippen LogP) is 3.97. The van der Waals surface area contributed by atoms with Crippen molar-refractivity contribution in [3.05, 3.63) is 116 Å². The smallest absolute Gasteiger partial charge is 0.337 e. The fourth-order valence-electron chi connectivity index (χ4n) is 3.65. The zero-order valence-electron chi connectivity index (χ0n) is 16.9. The molecule has 0 atom stereocenters. The first-order valence-corrected chi connectivity index (χ1v) is 10.2. The number of furan rings is 1. The first-order chi connectivity index (χ1) is 15.9. The molecule has 0 spiro atoms. The molecule has 0 saturated heterocycles. The van der Waals surface area contributed by atoms with Crippen LogP contribution in [0.4, 0.5) is 8.78 Å². The number of nitrogens with zero attached hydrogens (tertiary/aromatic N) is 4. The van der Waals surface area contributed by atoms with Crippen molar-refractivity contribution in [1.82, 2.24) is 18.7 Å². The minimum absolute atomic E-state index is 0.0832. The largest absolute Gasteiger partial charge is 0.467 e. The number of rotatable bonds is 5. The Kier molecular flexibility index (Phi) is 5.18. The molecule has 0 N–H and O–H groups in total. The Bertz CT molecular complexity index is 1590. The summed E-state index contributed by atoms with van der Waals surface area (Å²) in [5.41, 5.74) is -0.441. The van der Waals surface area contributed by atoms with E-state index in [1.807, 2.05) is 0 Å². The molecule has 33 heavy (non-hydrogen) atoms. The molecule has 166 valence electrons.